The average Bonchev–Trinajstić information content (AvgIpc) is 2.54. The second-order valence-corrected chi connectivity index (χ2v) is 7.50. The molecule has 2 amide bonds. The van der Waals surface area contributed by atoms with Crippen LogP contribution in [0.1, 0.15) is 44.7 Å². The van der Waals surface area contributed by atoms with E-state index < -0.39 is 0 Å². The molecule has 2 unspecified atom stereocenters. The second-order valence-electron chi connectivity index (χ2n) is 6.59. The number of hydrogen-bond acceptors (Lipinski definition) is 3. The molecule has 0 aliphatic carbocycles. The van der Waals surface area contributed by atoms with Gasteiger partial charge in [0.1, 0.15) is 0 Å². The summed E-state index contributed by atoms with van der Waals surface area (Å²) in [4.78, 5) is 26.0. The highest BCUT2D eigenvalue weighted by Crippen LogP contribution is 2.24. The third-order valence-electron chi connectivity index (χ3n) is 4.66. The highest BCUT2D eigenvalue weighted by Gasteiger charge is 2.27. The van der Waals surface area contributed by atoms with Gasteiger partial charge in [-0.3, -0.25) is 9.59 Å². The SMILES string of the molecule is CC(=O)NC(CC(=O)N1CCC(C(C)N)CC1)c1ccc(Br)cc1. The summed E-state index contributed by atoms with van der Waals surface area (Å²) in [5, 5.41) is 2.89. The molecular formula is C18H26BrN3O2. The number of piperidine rings is 1. The van der Waals surface area contributed by atoms with E-state index in [0.717, 1.165) is 36.0 Å². The van der Waals surface area contributed by atoms with Gasteiger partial charge < -0.3 is 16.0 Å². The van der Waals surface area contributed by atoms with E-state index in [1.807, 2.05) is 36.1 Å². The van der Waals surface area contributed by atoms with Crippen LogP contribution in [-0.4, -0.2) is 35.8 Å². The van der Waals surface area contributed by atoms with E-state index in [2.05, 4.69) is 21.2 Å². The van der Waals surface area contributed by atoms with Crippen molar-refractivity contribution in [2.75, 3.05) is 13.1 Å². The van der Waals surface area contributed by atoms with Gasteiger partial charge in [0.15, 0.2) is 0 Å². The molecule has 1 heterocycles. The first-order valence-corrected chi connectivity index (χ1v) is 9.22. The third kappa shape index (κ3) is 5.31. The lowest BCUT2D eigenvalue weighted by Crippen LogP contribution is -2.43. The number of carbonyl (C=O) groups is 2. The van der Waals surface area contributed by atoms with Gasteiger partial charge in [-0.25, -0.2) is 0 Å². The van der Waals surface area contributed by atoms with Crippen molar-refractivity contribution in [2.45, 2.75) is 45.2 Å². The zero-order chi connectivity index (χ0) is 17.7. The highest BCUT2D eigenvalue weighted by atomic mass is 79.9. The molecule has 0 bridgehead atoms. The molecule has 1 aliphatic rings. The Kier molecular flexibility index (Phi) is 6.80. The smallest absolute Gasteiger partial charge is 0.224 e. The summed E-state index contributed by atoms with van der Waals surface area (Å²) >= 11 is 3.40. The molecule has 3 N–H and O–H groups in total. The number of hydrogen-bond donors (Lipinski definition) is 2. The molecule has 0 spiro atoms. The average molecular weight is 396 g/mol. The number of halogens is 1. The maximum absolute atomic E-state index is 12.6. The number of likely N-dealkylation sites (tertiary alicyclic amines) is 1. The quantitative estimate of drug-likeness (QED) is 0.804. The molecule has 5 nitrogen and oxygen atoms in total. The lowest BCUT2D eigenvalue weighted by molar-refractivity contribution is -0.133. The zero-order valence-corrected chi connectivity index (χ0v) is 15.9. The van der Waals surface area contributed by atoms with Crippen molar-refractivity contribution < 1.29 is 9.59 Å². The van der Waals surface area contributed by atoms with Gasteiger partial charge in [-0.05, 0) is 43.4 Å². The Bertz CT molecular complexity index is 566. The van der Waals surface area contributed by atoms with Gasteiger partial charge in [-0.15, -0.1) is 0 Å². The number of benzene rings is 1. The minimum atomic E-state index is -0.297. The molecule has 1 fully saturated rings. The van der Waals surface area contributed by atoms with E-state index in [9.17, 15) is 9.59 Å². The first kappa shape index (κ1) is 18.9. The number of amides is 2. The molecule has 2 atom stereocenters. The number of nitrogens with zero attached hydrogens (tertiary/aromatic N) is 1. The predicted molar refractivity (Wildman–Crippen MR) is 98.3 cm³/mol. The Morgan fingerprint density at radius 3 is 2.38 bits per heavy atom. The van der Waals surface area contributed by atoms with Gasteiger partial charge in [0.2, 0.25) is 11.8 Å². The lowest BCUT2D eigenvalue weighted by atomic mass is 9.90. The highest BCUT2D eigenvalue weighted by molar-refractivity contribution is 9.10. The van der Waals surface area contributed by atoms with Crippen LogP contribution in [0.15, 0.2) is 28.7 Å². The summed E-state index contributed by atoms with van der Waals surface area (Å²) in [5.41, 5.74) is 6.89. The Hall–Kier alpha value is -1.40. The minimum absolute atomic E-state index is 0.0831. The molecule has 132 valence electrons. The first-order valence-electron chi connectivity index (χ1n) is 8.42. The van der Waals surface area contributed by atoms with E-state index in [1.165, 1.54) is 6.92 Å². The van der Waals surface area contributed by atoms with E-state index in [0.29, 0.717) is 5.92 Å². The minimum Gasteiger partial charge on any atom is -0.349 e. The maximum atomic E-state index is 12.6. The predicted octanol–water partition coefficient (Wildman–Crippen LogP) is 2.60. The van der Waals surface area contributed by atoms with Crippen LogP contribution in [0.3, 0.4) is 0 Å². The van der Waals surface area contributed by atoms with Crippen LogP contribution in [0.2, 0.25) is 0 Å². The van der Waals surface area contributed by atoms with Gasteiger partial charge in [-0.1, -0.05) is 28.1 Å². The molecule has 1 aliphatic heterocycles. The summed E-state index contributed by atoms with van der Waals surface area (Å²) in [6.45, 7) is 5.00. The largest absolute Gasteiger partial charge is 0.349 e. The van der Waals surface area contributed by atoms with Gasteiger partial charge in [0, 0.05) is 30.5 Å². The fourth-order valence-electron chi connectivity index (χ4n) is 3.17. The monoisotopic (exact) mass is 395 g/mol. The Morgan fingerprint density at radius 1 is 1.29 bits per heavy atom. The maximum Gasteiger partial charge on any atom is 0.224 e. The standard InChI is InChI=1S/C18H26BrN3O2/c1-12(20)14-7-9-22(10-8-14)18(24)11-17(21-13(2)23)15-3-5-16(19)6-4-15/h3-6,12,14,17H,7-11,20H2,1-2H3,(H,21,23). The summed E-state index contributed by atoms with van der Waals surface area (Å²) in [7, 11) is 0. The second kappa shape index (κ2) is 8.62. The number of nitrogens with one attached hydrogen (secondary N) is 1. The topological polar surface area (TPSA) is 75.4 Å². The van der Waals surface area contributed by atoms with Crippen molar-refractivity contribution in [3.63, 3.8) is 0 Å². The Labute approximate surface area is 152 Å². The molecule has 1 saturated heterocycles. The normalized spacial score (nSPS) is 18.1. The summed E-state index contributed by atoms with van der Waals surface area (Å²) in [6, 6.07) is 7.58. The van der Waals surface area contributed by atoms with Crippen molar-refractivity contribution in [1.29, 1.82) is 0 Å². The van der Waals surface area contributed by atoms with E-state index in [-0.39, 0.29) is 30.3 Å². The van der Waals surface area contributed by atoms with Crippen molar-refractivity contribution in [1.82, 2.24) is 10.2 Å². The Morgan fingerprint density at radius 2 is 1.88 bits per heavy atom. The van der Waals surface area contributed by atoms with Crippen LogP contribution in [0, 0.1) is 5.92 Å². The summed E-state index contributed by atoms with van der Waals surface area (Å²) in [5.74, 6) is 0.442. The molecule has 0 radical (unpaired) electrons. The molecule has 0 aromatic heterocycles. The van der Waals surface area contributed by atoms with Crippen molar-refractivity contribution >= 4 is 27.7 Å². The van der Waals surface area contributed by atoms with E-state index in [1.54, 1.807) is 0 Å². The van der Waals surface area contributed by atoms with Gasteiger partial charge in [0.05, 0.1) is 12.5 Å². The fourth-order valence-corrected chi connectivity index (χ4v) is 3.44. The number of carbonyl (C=O) groups excluding carboxylic acids is 2. The van der Waals surface area contributed by atoms with Gasteiger partial charge in [-0.2, -0.15) is 0 Å². The molecule has 24 heavy (non-hydrogen) atoms. The van der Waals surface area contributed by atoms with Crippen molar-refractivity contribution in [3.8, 4) is 0 Å². The lowest BCUT2D eigenvalue weighted by Gasteiger charge is -2.34. The molecular weight excluding hydrogens is 370 g/mol. The zero-order valence-electron chi connectivity index (χ0n) is 14.3. The Balaban J connectivity index is 2.00. The van der Waals surface area contributed by atoms with Gasteiger partial charge >= 0.3 is 0 Å². The van der Waals surface area contributed by atoms with Crippen molar-refractivity contribution in [2.24, 2.45) is 11.7 Å². The van der Waals surface area contributed by atoms with Crippen LogP contribution >= 0.6 is 15.9 Å². The molecule has 2 rings (SSSR count). The van der Waals surface area contributed by atoms with Crippen LogP contribution < -0.4 is 11.1 Å². The van der Waals surface area contributed by atoms with E-state index >= 15 is 0 Å². The molecule has 1 aromatic carbocycles. The van der Waals surface area contributed by atoms with E-state index in [4.69, 9.17) is 5.73 Å². The summed E-state index contributed by atoms with van der Waals surface area (Å²) < 4.78 is 0.970. The van der Waals surface area contributed by atoms with Gasteiger partial charge in [0.25, 0.3) is 0 Å². The van der Waals surface area contributed by atoms with Crippen LogP contribution in [0.4, 0.5) is 0 Å². The van der Waals surface area contributed by atoms with Crippen molar-refractivity contribution in [3.05, 3.63) is 34.3 Å². The van der Waals surface area contributed by atoms with Crippen LogP contribution in [-0.2, 0) is 9.59 Å². The summed E-state index contributed by atoms with van der Waals surface area (Å²) in [6.07, 6.45) is 2.18. The fraction of sp³-hybridized carbons (Fsp3) is 0.556. The van der Waals surface area contributed by atoms with Crippen LogP contribution in [0.5, 0.6) is 0 Å². The number of rotatable bonds is 5. The molecule has 1 aromatic rings. The molecule has 0 saturated carbocycles. The van der Waals surface area contributed by atoms with Crippen LogP contribution in [0.25, 0.3) is 0 Å². The number of nitrogens with two attached hydrogens (primary N) is 1. The first-order chi connectivity index (χ1) is 11.4. The third-order valence-corrected chi connectivity index (χ3v) is 5.19. The molecule has 6 heteroatoms.